The number of hydrogen-bond donors (Lipinski definition) is 4. The van der Waals surface area contributed by atoms with E-state index in [1.165, 1.54) is 4.90 Å². The Balaban J connectivity index is 4.56. The number of nitrogens with zero attached hydrogens (tertiary/aromatic N) is 2. The molecule has 0 aliphatic rings. The quantitative estimate of drug-likeness (QED) is 0.283. The van der Waals surface area contributed by atoms with E-state index in [0.29, 0.717) is 6.54 Å². The molecule has 0 aromatic rings. The maximum atomic E-state index is 11.8. The summed E-state index contributed by atoms with van der Waals surface area (Å²) in [7, 11) is 0. The Morgan fingerprint density at radius 2 is 1.21 bits per heavy atom. The average Bonchev–Trinajstić information content (AvgIpc) is 2.43. The SMILES string of the molecule is CCCCNC(=O)CN(CCN(CC(=O)O)CC(=O)O)CC(=O)O. The highest BCUT2D eigenvalue weighted by molar-refractivity contribution is 5.79. The monoisotopic (exact) mass is 347 g/mol. The number of aliphatic carboxylic acids is 3. The second kappa shape index (κ2) is 12.3. The fourth-order valence-corrected chi connectivity index (χ4v) is 1.95. The summed E-state index contributed by atoms with van der Waals surface area (Å²) in [6.07, 6.45) is 1.73. The van der Waals surface area contributed by atoms with Gasteiger partial charge in [-0.1, -0.05) is 13.3 Å². The molecule has 0 saturated carbocycles. The van der Waals surface area contributed by atoms with E-state index in [-0.39, 0.29) is 25.5 Å². The highest BCUT2D eigenvalue weighted by Gasteiger charge is 2.18. The number of nitrogens with one attached hydrogen (secondary N) is 1. The number of carboxylic acid groups (broad SMARTS) is 3. The van der Waals surface area contributed by atoms with E-state index < -0.39 is 37.5 Å². The highest BCUT2D eigenvalue weighted by Crippen LogP contribution is 1.95. The van der Waals surface area contributed by atoms with Crippen LogP contribution in [-0.4, -0.2) is 94.7 Å². The third-order valence-corrected chi connectivity index (χ3v) is 3.03. The van der Waals surface area contributed by atoms with Crippen molar-refractivity contribution in [3.05, 3.63) is 0 Å². The molecule has 4 N–H and O–H groups in total. The van der Waals surface area contributed by atoms with E-state index in [1.807, 2.05) is 6.92 Å². The van der Waals surface area contributed by atoms with Crippen molar-refractivity contribution < 1.29 is 34.5 Å². The van der Waals surface area contributed by atoms with Crippen LogP contribution < -0.4 is 5.32 Å². The van der Waals surface area contributed by atoms with Gasteiger partial charge < -0.3 is 20.6 Å². The maximum absolute atomic E-state index is 11.8. The number of rotatable bonds is 14. The first-order chi connectivity index (χ1) is 11.2. The average molecular weight is 347 g/mol. The van der Waals surface area contributed by atoms with Gasteiger partial charge in [0.2, 0.25) is 5.91 Å². The number of carbonyl (C=O) groups is 4. The van der Waals surface area contributed by atoms with Gasteiger partial charge in [-0.25, -0.2) is 0 Å². The molecule has 10 nitrogen and oxygen atoms in total. The van der Waals surface area contributed by atoms with Gasteiger partial charge in [0.1, 0.15) is 0 Å². The molecule has 0 aromatic carbocycles. The second-order valence-electron chi connectivity index (χ2n) is 5.31. The van der Waals surface area contributed by atoms with Crippen molar-refractivity contribution in [1.82, 2.24) is 15.1 Å². The van der Waals surface area contributed by atoms with Crippen molar-refractivity contribution in [3.8, 4) is 0 Å². The Hall–Kier alpha value is -2.20. The van der Waals surface area contributed by atoms with Crippen molar-refractivity contribution >= 4 is 23.8 Å². The number of amides is 1. The van der Waals surface area contributed by atoms with Gasteiger partial charge in [0.05, 0.1) is 26.2 Å². The van der Waals surface area contributed by atoms with Gasteiger partial charge in [0.15, 0.2) is 0 Å². The molecule has 138 valence electrons. The lowest BCUT2D eigenvalue weighted by Gasteiger charge is -2.24. The molecule has 0 rings (SSSR count). The first-order valence-electron chi connectivity index (χ1n) is 7.61. The van der Waals surface area contributed by atoms with Crippen LogP contribution in [0.2, 0.25) is 0 Å². The van der Waals surface area contributed by atoms with Crippen LogP contribution in [0.1, 0.15) is 19.8 Å². The lowest BCUT2D eigenvalue weighted by atomic mass is 10.3. The van der Waals surface area contributed by atoms with Gasteiger partial charge in [-0.15, -0.1) is 0 Å². The minimum atomic E-state index is -1.18. The zero-order valence-corrected chi connectivity index (χ0v) is 13.7. The van der Waals surface area contributed by atoms with E-state index in [1.54, 1.807) is 0 Å². The third kappa shape index (κ3) is 12.4. The van der Waals surface area contributed by atoms with Gasteiger partial charge in [-0.05, 0) is 6.42 Å². The number of carboxylic acids is 3. The molecule has 0 atom stereocenters. The lowest BCUT2D eigenvalue weighted by Crippen LogP contribution is -2.45. The maximum Gasteiger partial charge on any atom is 0.317 e. The van der Waals surface area contributed by atoms with Gasteiger partial charge >= 0.3 is 17.9 Å². The normalized spacial score (nSPS) is 10.8. The molecule has 0 aliphatic carbocycles. The minimum Gasteiger partial charge on any atom is -0.480 e. The molecular formula is C14H25N3O7. The Morgan fingerprint density at radius 3 is 1.58 bits per heavy atom. The zero-order valence-electron chi connectivity index (χ0n) is 13.7. The Morgan fingerprint density at radius 1 is 0.792 bits per heavy atom. The molecule has 0 saturated heterocycles. The van der Waals surface area contributed by atoms with Crippen molar-refractivity contribution in [1.29, 1.82) is 0 Å². The summed E-state index contributed by atoms with van der Waals surface area (Å²) in [6.45, 7) is 1.07. The van der Waals surface area contributed by atoms with Crippen LogP contribution in [0.15, 0.2) is 0 Å². The minimum absolute atomic E-state index is 0.0219. The van der Waals surface area contributed by atoms with E-state index in [4.69, 9.17) is 15.3 Å². The van der Waals surface area contributed by atoms with E-state index in [0.717, 1.165) is 17.7 Å². The molecule has 0 aromatic heterocycles. The summed E-state index contributed by atoms with van der Waals surface area (Å²) in [5, 5.41) is 29.1. The first kappa shape index (κ1) is 21.8. The van der Waals surface area contributed by atoms with Gasteiger partial charge in [-0.2, -0.15) is 0 Å². The van der Waals surface area contributed by atoms with Crippen molar-refractivity contribution in [3.63, 3.8) is 0 Å². The van der Waals surface area contributed by atoms with Crippen LogP contribution in [-0.2, 0) is 19.2 Å². The first-order valence-corrected chi connectivity index (χ1v) is 7.61. The summed E-state index contributed by atoms with van der Waals surface area (Å²) in [5.41, 5.74) is 0. The number of carbonyl (C=O) groups excluding carboxylic acids is 1. The fraction of sp³-hybridized carbons (Fsp3) is 0.714. The van der Waals surface area contributed by atoms with E-state index >= 15 is 0 Å². The molecule has 1 amide bonds. The molecule has 0 radical (unpaired) electrons. The third-order valence-electron chi connectivity index (χ3n) is 3.03. The Bertz CT molecular complexity index is 426. The molecule has 0 bridgehead atoms. The second-order valence-corrected chi connectivity index (χ2v) is 5.31. The lowest BCUT2D eigenvalue weighted by molar-refractivity contribution is -0.143. The van der Waals surface area contributed by atoms with E-state index in [2.05, 4.69) is 5.32 Å². The molecule has 24 heavy (non-hydrogen) atoms. The summed E-state index contributed by atoms with van der Waals surface area (Å²) >= 11 is 0. The van der Waals surface area contributed by atoms with Crippen LogP contribution in [0.5, 0.6) is 0 Å². The number of unbranched alkanes of at least 4 members (excludes halogenated alkanes) is 1. The van der Waals surface area contributed by atoms with Crippen LogP contribution in [0.4, 0.5) is 0 Å². The molecular weight excluding hydrogens is 322 g/mol. The Kier molecular flexibility index (Phi) is 11.1. The standard InChI is InChI=1S/C14H25N3O7/c1-2-3-4-15-11(18)7-16(8-12(19)20)5-6-17(9-13(21)22)10-14(23)24/h2-10H2,1H3,(H,15,18)(H,19,20)(H,21,22)(H,23,24). The summed E-state index contributed by atoms with van der Waals surface area (Å²) in [4.78, 5) is 46.6. The Labute approximate surface area is 140 Å². The summed E-state index contributed by atoms with van der Waals surface area (Å²) in [6, 6.07) is 0. The molecule has 0 aliphatic heterocycles. The van der Waals surface area contributed by atoms with Crippen LogP contribution in [0.25, 0.3) is 0 Å². The van der Waals surface area contributed by atoms with Crippen molar-refractivity contribution in [2.75, 3.05) is 45.8 Å². The highest BCUT2D eigenvalue weighted by atomic mass is 16.4. The van der Waals surface area contributed by atoms with Crippen molar-refractivity contribution in [2.24, 2.45) is 0 Å². The molecule has 0 spiro atoms. The predicted octanol–water partition coefficient (Wildman–Crippen LogP) is -1.24. The number of hydrogen-bond acceptors (Lipinski definition) is 6. The topological polar surface area (TPSA) is 147 Å². The van der Waals surface area contributed by atoms with Crippen LogP contribution >= 0.6 is 0 Å². The smallest absolute Gasteiger partial charge is 0.317 e. The molecule has 0 fully saturated rings. The summed E-state index contributed by atoms with van der Waals surface area (Å²) in [5.74, 6) is -3.82. The van der Waals surface area contributed by atoms with Crippen LogP contribution in [0.3, 0.4) is 0 Å². The van der Waals surface area contributed by atoms with Crippen molar-refractivity contribution in [2.45, 2.75) is 19.8 Å². The van der Waals surface area contributed by atoms with Gasteiger partial charge in [0.25, 0.3) is 0 Å². The summed E-state index contributed by atoms with van der Waals surface area (Å²) < 4.78 is 0. The van der Waals surface area contributed by atoms with Crippen LogP contribution in [0, 0.1) is 0 Å². The molecule has 0 heterocycles. The zero-order chi connectivity index (χ0) is 18.5. The largest absolute Gasteiger partial charge is 0.480 e. The van der Waals surface area contributed by atoms with Gasteiger partial charge in [0, 0.05) is 19.6 Å². The molecule has 0 unspecified atom stereocenters. The fourth-order valence-electron chi connectivity index (χ4n) is 1.95. The predicted molar refractivity (Wildman–Crippen MR) is 83.7 cm³/mol. The van der Waals surface area contributed by atoms with Gasteiger partial charge in [-0.3, -0.25) is 29.0 Å². The molecule has 10 heteroatoms. The van der Waals surface area contributed by atoms with E-state index in [9.17, 15) is 19.2 Å².